The lowest BCUT2D eigenvalue weighted by molar-refractivity contribution is 0.174. The van der Waals surface area contributed by atoms with Crippen LogP contribution < -0.4 is 0 Å². The Bertz CT molecular complexity index is 1070. The maximum atomic E-state index is 11.6. The Hall–Kier alpha value is -2.33. The van der Waals surface area contributed by atoms with Crippen LogP contribution in [0.15, 0.2) is 30.6 Å². The third-order valence-electron chi connectivity index (χ3n) is 6.16. The van der Waals surface area contributed by atoms with Gasteiger partial charge in [-0.25, -0.2) is 13.1 Å². The van der Waals surface area contributed by atoms with Crippen LogP contribution in [0.1, 0.15) is 37.4 Å². The SMILES string of the molecule is O=S1(=O)CCC(CN2CCC(c3nnc4ccc(-n5cccn5)nn34)CC2)CC1. The molecule has 0 amide bonds. The van der Waals surface area contributed by atoms with Crippen molar-refractivity contribution in [2.75, 3.05) is 31.1 Å². The average Bonchev–Trinajstić information content (AvgIpc) is 3.40. The smallest absolute Gasteiger partial charge is 0.178 e. The third kappa shape index (κ3) is 3.91. The van der Waals surface area contributed by atoms with Gasteiger partial charge in [0.05, 0.1) is 11.5 Å². The number of fused-ring (bicyclic) bond motifs is 1. The lowest BCUT2D eigenvalue weighted by Gasteiger charge is -2.34. The van der Waals surface area contributed by atoms with Gasteiger partial charge < -0.3 is 4.90 Å². The molecule has 0 N–H and O–H groups in total. The van der Waals surface area contributed by atoms with Crippen LogP contribution in [0.3, 0.4) is 0 Å². The van der Waals surface area contributed by atoms with Crippen LogP contribution in [0.25, 0.3) is 11.5 Å². The highest BCUT2D eigenvalue weighted by Gasteiger charge is 2.29. The van der Waals surface area contributed by atoms with Gasteiger partial charge >= 0.3 is 0 Å². The van der Waals surface area contributed by atoms with Crippen LogP contribution in [0.4, 0.5) is 0 Å². The van der Waals surface area contributed by atoms with Gasteiger partial charge in [-0.05, 0) is 62.9 Å². The molecule has 9 nitrogen and oxygen atoms in total. The molecule has 154 valence electrons. The van der Waals surface area contributed by atoms with E-state index >= 15 is 0 Å². The molecular formula is C19H25N7O2S. The summed E-state index contributed by atoms with van der Waals surface area (Å²) in [6.07, 6.45) is 7.23. The van der Waals surface area contributed by atoms with Gasteiger partial charge in [-0.3, -0.25) is 0 Å². The van der Waals surface area contributed by atoms with E-state index in [1.54, 1.807) is 10.9 Å². The second kappa shape index (κ2) is 7.49. The van der Waals surface area contributed by atoms with Crippen LogP contribution in [0.5, 0.6) is 0 Å². The van der Waals surface area contributed by atoms with Crippen molar-refractivity contribution in [1.82, 2.24) is 34.5 Å². The van der Waals surface area contributed by atoms with E-state index in [4.69, 9.17) is 5.10 Å². The number of sulfone groups is 1. The minimum atomic E-state index is -2.79. The molecule has 0 aliphatic carbocycles. The van der Waals surface area contributed by atoms with E-state index < -0.39 is 9.84 Å². The summed E-state index contributed by atoms with van der Waals surface area (Å²) in [4.78, 5) is 2.48. The molecule has 5 rings (SSSR count). The first-order valence-electron chi connectivity index (χ1n) is 10.2. The minimum absolute atomic E-state index is 0.327. The summed E-state index contributed by atoms with van der Waals surface area (Å²) >= 11 is 0. The summed E-state index contributed by atoms with van der Waals surface area (Å²) in [7, 11) is -2.79. The van der Waals surface area contributed by atoms with Crippen LogP contribution in [-0.2, 0) is 9.84 Å². The Kier molecular flexibility index (Phi) is 4.83. The molecule has 3 aromatic heterocycles. The van der Waals surface area contributed by atoms with Crippen molar-refractivity contribution < 1.29 is 8.42 Å². The second-order valence-electron chi connectivity index (χ2n) is 8.14. The van der Waals surface area contributed by atoms with Gasteiger partial charge in [0.2, 0.25) is 0 Å². The monoisotopic (exact) mass is 415 g/mol. The highest BCUT2D eigenvalue weighted by atomic mass is 32.2. The first-order chi connectivity index (χ1) is 14.1. The normalized spacial score (nSPS) is 21.7. The fourth-order valence-electron chi connectivity index (χ4n) is 4.44. The molecule has 0 atom stereocenters. The van der Waals surface area contributed by atoms with Gasteiger partial charge in [0.25, 0.3) is 0 Å². The molecule has 2 aliphatic rings. The average molecular weight is 416 g/mol. The maximum absolute atomic E-state index is 11.6. The number of aromatic nitrogens is 6. The molecule has 29 heavy (non-hydrogen) atoms. The molecule has 2 saturated heterocycles. The van der Waals surface area contributed by atoms with Gasteiger partial charge in [0, 0.05) is 24.9 Å². The number of hydrogen-bond donors (Lipinski definition) is 0. The number of hydrogen-bond acceptors (Lipinski definition) is 7. The Labute approximate surface area is 169 Å². The van der Waals surface area contributed by atoms with Crippen molar-refractivity contribution in [1.29, 1.82) is 0 Å². The summed E-state index contributed by atoms with van der Waals surface area (Å²) in [6.45, 7) is 3.01. The predicted octanol–water partition coefficient (Wildman–Crippen LogP) is 1.31. The van der Waals surface area contributed by atoms with Gasteiger partial charge in [-0.15, -0.1) is 15.3 Å². The highest BCUT2D eigenvalue weighted by Crippen LogP contribution is 2.29. The lowest BCUT2D eigenvalue weighted by Crippen LogP contribution is -2.39. The molecule has 3 aromatic rings. The molecule has 5 heterocycles. The summed E-state index contributed by atoms with van der Waals surface area (Å²) in [5.74, 6) is 3.19. The molecule has 0 bridgehead atoms. The topological polar surface area (TPSA) is 98.3 Å². The van der Waals surface area contributed by atoms with Crippen LogP contribution >= 0.6 is 0 Å². The molecule has 2 fully saturated rings. The van der Waals surface area contributed by atoms with Crippen molar-refractivity contribution >= 4 is 15.5 Å². The zero-order valence-electron chi connectivity index (χ0n) is 16.3. The minimum Gasteiger partial charge on any atom is -0.303 e. The highest BCUT2D eigenvalue weighted by molar-refractivity contribution is 7.91. The zero-order chi connectivity index (χ0) is 19.8. The number of nitrogens with zero attached hydrogens (tertiary/aromatic N) is 7. The first kappa shape index (κ1) is 18.7. The largest absolute Gasteiger partial charge is 0.303 e. The van der Waals surface area contributed by atoms with E-state index in [2.05, 4.69) is 20.2 Å². The molecule has 10 heteroatoms. The maximum Gasteiger partial charge on any atom is 0.178 e. The molecule has 0 aromatic carbocycles. The molecule has 2 aliphatic heterocycles. The predicted molar refractivity (Wildman–Crippen MR) is 108 cm³/mol. The van der Waals surface area contributed by atoms with E-state index in [1.807, 2.05) is 28.9 Å². The second-order valence-corrected chi connectivity index (χ2v) is 10.4. The van der Waals surface area contributed by atoms with Gasteiger partial charge in [-0.2, -0.15) is 9.61 Å². The Morgan fingerprint density at radius 1 is 1.03 bits per heavy atom. The fourth-order valence-corrected chi connectivity index (χ4v) is 6.03. The summed E-state index contributed by atoms with van der Waals surface area (Å²) < 4.78 is 26.8. The van der Waals surface area contributed by atoms with Crippen LogP contribution in [0, 0.1) is 5.92 Å². The molecular weight excluding hydrogens is 390 g/mol. The van der Waals surface area contributed by atoms with E-state index in [0.29, 0.717) is 23.3 Å². The van der Waals surface area contributed by atoms with Crippen molar-refractivity contribution in [2.24, 2.45) is 5.92 Å². The van der Waals surface area contributed by atoms with Gasteiger partial charge in [-0.1, -0.05) is 0 Å². The summed E-state index contributed by atoms with van der Waals surface area (Å²) in [5, 5.41) is 17.7. The van der Waals surface area contributed by atoms with E-state index in [0.717, 1.165) is 62.6 Å². The Morgan fingerprint density at radius 2 is 1.83 bits per heavy atom. The molecule has 0 unspecified atom stereocenters. The fraction of sp³-hybridized carbons (Fsp3) is 0.579. The Balaban J connectivity index is 1.25. The zero-order valence-corrected chi connectivity index (χ0v) is 17.1. The molecule has 0 radical (unpaired) electrons. The number of rotatable bonds is 4. The van der Waals surface area contributed by atoms with Gasteiger partial charge in [0.15, 0.2) is 17.3 Å². The molecule has 0 saturated carbocycles. The third-order valence-corrected chi connectivity index (χ3v) is 7.87. The van der Waals surface area contributed by atoms with Crippen molar-refractivity contribution in [3.63, 3.8) is 0 Å². The summed E-state index contributed by atoms with van der Waals surface area (Å²) in [5.41, 5.74) is 0.752. The van der Waals surface area contributed by atoms with Crippen molar-refractivity contribution in [3.8, 4) is 5.82 Å². The first-order valence-corrected chi connectivity index (χ1v) is 12.0. The Morgan fingerprint density at radius 3 is 2.55 bits per heavy atom. The number of piperidine rings is 1. The quantitative estimate of drug-likeness (QED) is 0.634. The number of likely N-dealkylation sites (tertiary alicyclic amines) is 1. The van der Waals surface area contributed by atoms with Gasteiger partial charge in [0.1, 0.15) is 9.84 Å². The van der Waals surface area contributed by atoms with Crippen molar-refractivity contribution in [3.05, 3.63) is 36.4 Å². The van der Waals surface area contributed by atoms with E-state index in [1.165, 1.54) is 0 Å². The van der Waals surface area contributed by atoms with Crippen LogP contribution in [-0.4, -0.2) is 74.0 Å². The van der Waals surface area contributed by atoms with E-state index in [9.17, 15) is 8.42 Å². The lowest BCUT2D eigenvalue weighted by atomic mass is 9.94. The van der Waals surface area contributed by atoms with Crippen LogP contribution in [0.2, 0.25) is 0 Å². The van der Waals surface area contributed by atoms with E-state index in [-0.39, 0.29) is 0 Å². The van der Waals surface area contributed by atoms with Crippen molar-refractivity contribution in [2.45, 2.75) is 31.6 Å². The molecule has 0 spiro atoms. The standard InChI is InChI=1S/C19H25N7O2S/c27-29(28)12-6-15(7-13-29)14-24-10-4-16(5-11-24)19-22-21-17-2-3-18(23-26(17)19)25-9-1-8-20-25/h1-3,8-9,15-16H,4-7,10-14H2. The summed E-state index contributed by atoms with van der Waals surface area (Å²) in [6, 6.07) is 5.69.